The first-order valence-corrected chi connectivity index (χ1v) is 6.02. The molecule has 1 unspecified atom stereocenters. The predicted octanol–water partition coefficient (Wildman–Crippen LogP) is 1.04. The first-order chi connectivity index (χ1) is 6.88. The molecule has 4 heteroatoms. The first kappa shape index (κ1) is 12.3. The summed E-state index contributed by atoms with van der Waals surface area (Å²) in [6.07, 6.45) is 1.16. The monoisotopic (exact) mass is 219 g/mol. The number of ether oxygens (including phenoxy) is 2. The zero-order valence-corrected chi connectivity index (χ0v) is 9.84. The van der Waals surface area contributed by atoms with Gasteiger partial charge in [-0.1, -0.05) is 6.92 Å². The number of thiol groups is 1. The number of morpholine rings is 1. The molecule has 0 amide bonds. The lowest BCUT2D eigenvalue weighted by molar-refractivity contribution is -0.0202. The molecule has 0 radical (unpaired) electrons. The minimum atomic E-state index is 0.586. The minimum absolute atomic E-state index is 0.586. The normalized spacial score (nSPS) is 24.0. The van der Waals surface area contributed by atoms with E-state index >= 15 is 0 Å². The number of hydrogen-bond acceptors (Lipinski definition) is 4. The highest BCUT2D eigenvalue weighted by atomic mass is 32.1. The molecule has 0 saturated carbocycles. The second kappa shape index (κ2) is 7.51. The highest BCUT2D eigenvalue weighted by Gasteiger charge is 2.20. The van der Waals surface area contributed by atoms with E-state index in [1.165, 1.54) is 0 Å². The maximum Gasteiger partial charge on any atom is 0.0622 e. The van der Waals surface area contributed by atoms with E-state index in [0.29, 0.717) is 6.04 Å². The maximum atomic E-state index is 5.44. The van der Waals surface area contributed by atoms with Crippen LogP contribution in [0, 0.1) is 0 Å². The van der Waals surface area contributed by atoms with Gasteiger partial charge in [-0.25, -0.2) is 0 Å². The van der Waals surface area contributed by atoms with Crippen molar-refractivity contribution in [2.75, 3.05) is 45.3 Å². The van der Waals surface area contributed by atoms with Gasteiger partial charge in [0.05, 0.1) is 26.4 Å². The first-order valence-electron chi connectivity index (χ1n) is 5.39. The smallest absolute Gasteiger partial charge is 0.0622 e. The van der Waals surface area contributed by atoms with Gasteiger partial charge in [0, 0.05) is 24.9 Å². The Balaban J connectivity index is 2.13. The Kier molecular flexibility index (Phi) is 6.60. The van der Waals surface area contributed by atoms with E-state index in [4.69, 9.17) is 9.47 Å². The molecule has 1 fully saturated rings. The van der Waals surface area contributed by atoms with Gasteiger partial charge < -0.3 is 9.47 Å². The van der Waals surface area contributed by atoms with Crippen LogP contribution in [0.15, 0.2) is 0 Å². The molecule has 0 aromatic rings. The molecule has 14 heavy (non-hydrogen) atoms. The fourth-order valence-corrected chi connectivity index (χ4v) is 1.84. The number of rotatable bonds is 6. The van der Waals surface area contributed by atoms with Crippen molar-refractivity contribution in [3.8, 4) is 0 Å². The third-order valence-corrected chi connectivity index (χ3v) is 2.76. The number of hydrogen-bond donors (Lipinski definition) is 1. The van der Waals surface area contributed by atoms with Crippen molar-refractivity contribution >= 4 is 12.6 Å². The van der Waals surface area contributed by atoms with Gasteiger partial charge in [0.15, 0.2) is 0 Å². The average molecular weight is 219 g/mol. The molecule has 84 valence electrons. The van der Waals surface area contributed by atoms with Gasteiger partial charge in [0.2, 0.25) is 0 Å². The summed E-state index contributed by atoms with van der Waals surface area (Å²) in [5.41, 5.74) is 0. The molecule has 1 saturated heterocycles. The van der Waals surface area contributed by atoms with Crippen LogP contribution in [0.2, 0.25) is 0 Å². The Hall–Kier alpha value is 0.230. The Morgan fingerprint density at radius 1 is 1.50 bits per heavy atom. The summed E-state index contributed by atoms with van der Waals surface area (Å²) >= 11 is 4.10. The molecule has 3 nitrogen and oxygen atoms in total. The maximum absolute atomic E-state index is 5.44. The summed E-state index contributed by atoms with van der Waals surface area (Å²) in [6.45, 7) is 7.59. The van der Waals surface area contributed by atoms with E-state index < -0.39 is 0 Å². The van der Waals surface area contributed by atoms with Gasteiger partial charge in [0.1, 0.15) is 0 Å². The van der Waals surface area contributed by atoms with Crippen LogP contribution in [0.1, 0.15) is 13.3 Å². The SMILES string of the molecule is CCC1COCCN1CCOCCS. The standard InChI is InChI=1S/C10H21NO2S/c1-2-10-9-13-6-4-11(10)3-5-12-7-8-14/h10,14H,2-9H2,1H3. The molecule has 0 aromatic carbocycles. The lowest BCUT2D eigenvalue weighted by Gasteiger charge is -2.34. The zero-order chi connectivity index (χ0) is 10.2. The number of nitrogens with zero attached hydrogens (tertiary/aromatic N) is 1. The Bertz CT molecular complexity index is 146. The van der Waals surface area contributed by atoms with Crippen molar-refractivity contribution in [3.05, 3.63) is 0 Å². The molecule has 1 aliphatic heterocycles. The van der Waals surface area contributed by atoms with E-state index in [0.717, 1.165) is 51.7 Å². The van der Waals surface area contributed by atoms with E-state index in [-0.39, 0.29) is 0 Å². The van der Waals surface area contributed by atoms with Crippen LogP contribution in [-0.2, 0) is 9.47 Å². The molecular weight excluding hydrogens is 198 g/mol. The van der Waals surface area contributed by atoms with Crippen molar-refractivity contribution in [2.45, 2.75) is 19.4 Å². The molecule has 1 heterocycles. The fourth-order valence-electron chi connectivity index (χ4n) is 1.71. The van der Waals surface area contributed by atoms with Gasteiger partial charge >= 0.3 is 0 Å². The predicted molar refractivity (Wildman–Crippen MR) is 61.1 cm³/mol. The van der Waals surface area contributed by atoms with Crippen LogP contribution in [0.25, 0.3) is 0 Å². The summed E-state index contributed by atoms with van der Waals surface area (Å²) in [5.74, 6) is 0.806. The van der Waals surface area contributed by atoms with E-state index in [1.807, 2.05) is 0 Å². The molecule has 0 spiro atoms. The third-order valence-electron chi connectivity index (χ3n) is 2.58. The quantitative estimate of drug-likeness (QED) is 0.533. The Labute approximate surface area is 92.2 Å². The van der Waals surface area contributed by atoms with Crippen LogP contribution >= 0.6 is 12.6 Å². The van der Waals surface area contributed by atoms with Crippen molar-refractivity contribution in [3.63, 3.8) is 0 Å². The van der Waals surface area contributed by atoms with Crippen molar-refractivity contribution < 1.29 is 9.47 Å². The van der Waals surface area contributed by atoms with Gasteiger partial charge in [-0.2, -0.15) is 12.6 Å². The topological polar surface area (TPSA) is 21.7 Å². The largest absolute Gasteiger partial charge is 0.379 e. The molecule has 0 aliphatic carbocycles. The van der Waals surface area contributed by atoms with E-state index in [9.17, 15) is 0 Å². The van der Waals surface area contributed by atoms with Crippen LogP contribution in [0.4, 0.5) is 0 Å². The second-order valence-electron chi connectivity index (χ2n) is 3.51. The van der Waals surface area contributed by atoms with Crippen molar-refractivity contribution in [1.82, 2.24) is 4.90 Å². The average Bonchev–Trinajstić information content (AvgIpc) is 2.25. The highest BCUT2D eigenvalue weighted by molar-refractivity contribution is 7.80. The van der Waals surface area contributed by atoms with Crippen molar-refractivity contribution in [1.29, 1.82) is 0 Å². The van der Waals surface area contributed by atoms with Crippen LogP contribution < -0.4 is 0 Å². The Morgan fingerprint density at radius 3 is 3.07 bits per heavy atom. The molecule has 1 aliphatic rings. The fraction of sp³-hybridized carbons (Fsp3) is 1.00. The summed E-state index contributed by atoms with van der Waals surface area (Å²) in [6, 6.07) is 0.586. The summed E-state index contributed by atoms with van der Waals surface area (Å²) in [5, 5.41) is 0. The van der Waals surface area contributed by atoms with Gasteiger partial charge in [-0.15, -0.1) is 0 Å². The van der Waals surface area contributed by atoms with Gasteiger partial charge in [-0.05, 0) is 6.42 Å². The van der Waals surface area contributed by atoms with Crippen LogP contribution in [-0.4, -0.2) is 56.2 Å². The molecule has 0 aromatic heterocycles. The summed E-state index contributed by atoms with van der Waals surface area (Å²) in [4.78, 5) is 2.46. The third kappa shape index (κ3) is 4.17. The lowest BCUT2D eigenvalue weighted by Crippen LogP contribution is -2.46. The molecule has 0 N–H and O–H groups in total. The summed E-state index contributed by atoms with van der Waals surface area (Å²) in [7, 11) is 0. The van der Waals surface area contributed by atoms with Crippen LogP contribution in [0.5, 0.6) is 0 Å². The molecule has 1 atom stereocenters. The summed E-state index contributed by atoms with van der Waals surface area (Å²) < 4.78 is 10.9. The lowest BCUT2D eigenvalue weighted by atomic mass is 10.2. The molecule has 1 rings (SSSR count). The Morgan fingerprint density at radius 2 is 2.36 bits per heavy atom. The second-order valence-corrected chi connectivity index (χ2v) is 3.96. The zero-order valence-electron chi connectivity index (χ0n) is 8.95. The van der Waals surface area contributed by atoms with E-state index in [2.05, 4.69) is 24.5 Å². The minimum Gasteiger partial charge on any atom is -0.379 e. The van der Waals surface area contributed by atoms with Crippen LogP contribution in [0.3, 0.4) is 0 Å². The van der Waals surface area contributed by atoms with Gasteiger partial charge in [0.25, 0.3) is 0 Å². The van der Waals surface area contributed by atoms with Crippen molar-refractivity contribution in [2.24, 2.45) is 0 Å². The van der Waals surface area contributed by atoms with E-state index in [1.54, 1.807) is 0 Å². The van der Waals surface area contributed by atoms with Gasteiger partial charge in [-0.3, -0.25) is 4.90 Å². The molecule has 0 bridgehead atoms. The highest BCUT2D eigenvalue weighted by Crippen LogP contribution is 2.09. The molecular formula is C10H21NO2S.